The van der Waals surface area contributed by atoms with Gasteiger partial charge in [-0.3, -0.25) is 4.90 Å². The fourth-order valence-corrected chi connectivity index (χ4v) is 3.54. The summed E-state index contributed by atoms with van der Waals surface area (Å²) in [5.74, 6) is -0.442. The molecule has 0 atom stereocenters. The van der Waals surface area contributed by atoms with Crippen molar-refractivity contribution in [3.63, 3.8) is 0 Å². The summed E-state index contributed by atoms with van der Waals surface area (Å²) in [6.07, 6.45) is -2.65. The lowest BCUT2D eigenvalue weighted by Gasteiger charge is -2.34. The standard InChI is InChI=1S/C21H30F3N3O3/c1-20(2,3)19(28)30-27-12-10-25(11-13-27)15-16-6-7-17(26-8-4-5-9-26)14-18(16)29-21(22,23)24/h6-7,14H,4-5,8-13,15H2,1-3H3. The molecule has 0 saturated carbocycles. The molecule has 2 fully saturated rings. The van der Waals surface area contributed by atoms with Gasteiger partial charge in [0.1, 0.15) is 5.75 Å². The monoisotopic (exact) mass is 429 g/mol. The highest BCUT2D eigenvalue weighted by Crippen LogP contribution is 2.33. The van der Waals surface area contributed by atoms with Crippen LogP contribution in [-0.2, 0) is 16.2 Å². The highest BCUT2D eigenvalue weighted by Gasteiger charge is 2.33. The first-order valence-corrected chi connectivity index (χ1v) is 10.3. The summed E-state index contributed by atoms with van der Waals surface area (Å²) in [6.45, 7) is 9.57. The van der Waals surface area contributed by atoms with Crippen molar-refractivity contribution in [3.8, 4) is 5.75 Å². The second kappa shape index (κ2) is 9.01. The quantitative estimate of drug-likeness (QED) is 0.710. The number of ether oxygens (including phenoxy) is 1. The van der Waals surface area contributed by atoms with Gasteiger partial charge in [-0.15, -0.1) is 18.2 Å². The van der Waals surface area contributed by atoms with Gasteiger partial charge in [-0.2, -0.15) is 0 Å². The minimum absolute atomic E-state index is 0.145. The molecule has 0 radical (unpaired) electrons. The number of rotatable bonds is 5. The van der Waals surface area contributed by atoms with E-state index in [4.69, 9.17) is 4.84 Å². The van der Waals surface area contributed by atoms with Crippen LogP contribution in [0.1, 0.15) is 39.2 Å². The molecule has 0 amide bonds. The average Bonchev–Trinajstić information content (AvgIpc) is 3.17. The minimum Gasteiger partial charge on any atom is -0.405 e. The Bertz CT molecular complexity index is 735. The molecule has 0 aromatic heterocycles. The average molecular weight is 429 g/mol. The van der Waals surface area contributed by atoms with Crippen LogP contribution in [0.4, 0.5) is 18.9 Å². The summed E-state index contributed by atoms with van der Waals surface area (Å²) >= 11 is 0. The summed E-state index contributed by atoms with van der Waals surface area (Å²) in [7, 11) is 0. The number of hydroxylamine groups is 2. The number of hydrogen-bond donors (Lipinski definition) is 0. The van der Waals surface area contributed by atoms with Gasteiger partial charge in [-0.05, 0) is 39.7 Å². The Morgan fingerprint density at radius 3 is 2.20 bits per heavy atom. The van der Waals surface area contributed by atoms with E-state index in [1.807, 2.05) is 11.0 Å². The minimum atomic E-state index is -4.74. The molecule has 9 heteroatoms. The molecule has 30 heavy (non-hydrogen) atoms. The van der Waals surface area contributed by atoms with Crippen LogP contribution in [0.3, 0.4) is 0 Å². The van der Waals surface area contributed by atoms with Crippen LogP contribution < -0.4 is 9.64 Å². The van der Waals surface area contributed by atoms with E-state index in [9.17, 15) is 18.0 Å². The maximum Gasteiger partial charge on any atom is 0.573 e. The van der Waals surface area contributed by atoms with Crippen molar-refractivity contribution in [3.05, 3.63) is 23.8 Å². The van der Waals surface area contributed by atoms with E-state index in [2.05, 4.69) is 9.64 Å². The number of carbonyl (C=O) groups excluding carboxylic acids is 1. The number of nitrogens with zero attached hydrogens (tertiary/aromatic N) is 3. The number of alkyl halides is 3. The SMILES string of the molecule is CC(C)(C)C(=O)ON1CCN(Cc2ccc(N3CCCC3)cc2OC(F)(F)F)CC1. The van der Waals surface area contributed by atoms with Crippen LogP contribution in [-0.4, -0.2) is 61.6 Å². The third kappa shape index (κ3) is 6.25. The van der Waals surface area contributed by atoms with Crippen molar-refractivity contribution in [2.75, 3.05) is 44.2 Å². The molecule has 2 aliphatic rings. The van der Waals surface area contributed by atoms with Crippen LogP contribution >= 0.6 is 0 Å². The maximum absolute atomic E-state index is 13.0. The van der Waals surface area contributed by atoms with E-state index in [1.165, 1.54) is 6.07 Å². The molecule has 2 aliphatic heterocycles. The van der Waals surface area contributed by atoms with Gasteiger partial charge < -0.3 is 14.5 Å². The molecule has 2 saturated heterocycles. The predicted octanol–water partition coefficient (Wildman–Crippen LogP) is 3.81. The molecule has 1 aromatic carbocycles. The Hall–Kier alpha value is -2.00. The van der Waals surface area contributed by atoms with Crippen LogP contribution in [0.15, 0.2) is 18.2 Å². The first-order chi connectivity index (χ1) is 14.0. The first-order valence-electron chi connectivity index (χ1n) is 10.3. The lowest BCUT2D eigenvalue weighted by Crippen LogP contribution is -2.47. The van der Waals surface area contributed by atoms with Gasteiger partial charge >= 0.3 is 12.3 Å². The number of benzene rings is 1. The Labute approximate surface area is 175 Å². The highest BCUT2D eigenvalue weighted by molar-refractivity contribution is 5.75. The molecular weight excluding hydrogens is 399 g/mol. The van der Waals surface area contributed by atoms with E-state index in [1.54, 1.807) is 31.9 Å². The molecule has 0 spiro atoms. The summed E-state index contributed by atoms with van der Waals surface area (Å²) in [4.78, 5) is 21.5. The van der Waals surface area contributed by atoms with Gasteiger partial charge in [0.25, 0.3) is 0 Å². The fourth-order valence-electron chi connectivity index (χ4n) is 3.54. The molecular formula is C21H30F3N3O3. The summed E-state index contributed by atoms with van der Waals surface area (Å²) in [6, 6.07) is 5.08. The molecule has 2 heterocycles. The molecule has 0 aliphatic carbocycles. The highest BCUT2D eigenvalue weighted by atomic mass is 19.4. The van der Waals surface area contributed by atoms with Crippen molar-refractivity contribution < 1.29 is 27.5 Å². The number of halogens is 3. The Kier molecular flexibility index (Phi) is 6.81. The van der Waals surface area contributed by atoms with Crippen LogP contribution in [0, 0.1) is 5.41 Å². The van der Waals surface area contributed by atoms with Crippen LogP contribution in [0.25, 0.3) is 0 Å². The van der Waals surface area contributed by atoms with Crippen molar-refractivity contribution in [2.45, 2.75) is 46.5 Å². The van der Waals surface area contributed by atoms with Crippen molar-refractivity contribution in [1.29, 1.82) is 0 Å². The van der Waals surface area contributed by atoms with Crippen molar-refractivity contribution in [2.24, 2.45) is 5.41 Å². The largest absolute Gasteiger partial charge is 0.573 e. The van der Waals surface area contributed by atoms with Crippen molar-refractivity contribution in [1.82, 2.24) is 9.96 Å². The molecule has 1 aromatic rings. The third-order valence-electron chi connectivity index (χ3n) is 5.30. The predicted molar refractivity (Wildman–Crippen MR) is 107 cm³/mol. The molecule has 168 valence electrons. The van der Waals surface area contributed by atoms with E-state index < -0.39 is 11.8 Å². The van der Waals surface area contributed by atoms with Gasteiger partial charge in [0.15, 0.2) is 0 Å². The smallest absolute Gasteiger partial charge is 0.405 e. The summed E-state index contributed by atoms with van der Waals surface area (Å²) in [5.41, 5.74) is 0.669. The zero-order valence-corrected chi connectivity index (χ0v) is 17.8. The van der Waals surface area contributed by atoms with Gasteiger partial charge in [0, 0.05) is 63.1 Å². The summed E-state index contributed by atoms with van der Waals surface area (Å²) < 4.78 is 43.3. The van der Waals surface area contributed by atoms with E-state index >= 15 is 0 Å². The van der Waals surface area contributed by atoms with E-state index in [0.717, 1.165) is 31.6 Å². The zero-order chi connectivity index (χ0) is 21.9. The van der Waals surface area contributed by atoms with Crippen LogP contribution in [0.2, 0.25) is 0 Å². The van der Waals surface area contributed by atoms with Crippen molar-refractivity contribution >= 4 is 11.7 Å². The van der Waals surface area contributed by atoms with Gasteiger partial charge in [0.05, 0.1) is 5.41 Å². The number of hydrogen-bond acceptors (Lipinski definition) is 6. The number of carbonyl (C=O) groups is 1. The second-order valence-electron chi connectivity index (χ2n) is 8.87. The third-order valence-corrected chi connectivity index (χ3v) is 5.30. The second-order valence-corrected chi connectivity index (χ2v) is 8.87. The van der Waals surface area contributed by atoms with E-state index in [-0.39, 0.29) is 11.7 Å². The Morgan fingerprint density at radius 2 is 1.63 bits per heavy atom. The maximum atomic E-state index is 13.0. The first kappa shape index (κ1) is 22.7. The van der Waals surface area contributed by atoms with Crippen LogP contribution in [0.5, 0.6) is 5.75 Å². The molecule has 6 nitrogen and oxygen atoms in total. The molecule has 0 unspecified atom stereocenters. The van der Waals surface area contributed by atoms with Gasteiger partial charge in [0.2, 0.25) is 0 Å². The van der Waals surface area contributed by atoms with E-state index in [0.29, 0.717) is 38.3 Å². The Balaban J connectivity index is 1.63. The molecule has 3 rings (SSSR count). The van der Waals surface area contributed by atoms with Gasteiger partial charge in [-0.1, -0.05) is 6.07 Å². The number of anilines is 1. The number of piperazine rings is 1. The topological polar surface area (TPSA) is 45.2 Å². The Morgan fingerprint density at radius 1 is 1.00 bits per heavy atom. The zero-order valence-electron chi connectivity index (χ0n) is 17.8. The lowest BCUT2D eigenvalue weighted by molar-refractivity contribution is -0.275. The molecule has 0 N–H and O–H groups in total. The normalized spacial score (nSPS) is 19.2. The fraction of sp³-hybridized carbons (Fsp3) is 0.667. The van der Waals surface area contributed by atoms with Gasteiger partial charge in [-0.25, -0.2) is 4.79 Å². The lowest BCUT2D eigenvalue weighted by atomic mass is 9.98. The molecule has 0 bridgehead atoms. The summed E-state index contributed by atoms with van der Waals surface area (Å²) in [5, 5.41) is 1.62.